The van der Waals surface area contributed by atoms with Crippen molar-refractivity contribution in [1.82, 2.24) is 10.9 Å². The Kier molecular flexibility index (Phi) is 10.1. The minimum absolute atomic E-state index is 0.0466. The van der Waals surface area contributed by atoms with Crippen LogP contribution in [0, 0.1) is 0 Å². The van der Waals surface area contributed by atoms with Gasteiger partial charge in [-0.15, -0.1) is 0 Å². The van der Waals surface area contributed by atoms with Crippen molar-refractivity contribution >= 4 is 27.7 Å². The number of hydrazine groups is 1. The van der Waals surface area contributed by atoms with Crippen LogP contribution in [0.1, 0.15) is 51.9 Å². The molecule has 10 nitrogen and oxygen atoms in total. The summed E-state index contributed by atoms with van der Waals surface area (Å²) in [6.07, 6.45) is -0.141. The maximum Gasteiger partial charge on any atom is 0.266 e. The van der Waals surface area contributed by atoms with Crippen molar-refractivity contribution in [3.05, 3.63) is 170 Å². The number of rotatable bonds is 13. The molecular weight excluding hydrogens is 708 g/mol. The number of nitrogens with one attached hydrogen (secondary N) is 2. The van der Waals surface area contributed by atoms with E-state index in [0.29, 0.717) is 30.2 Å². The number of halogens is 1. The highest BCUT2D eigenvalue weighted by atomic mass is 79.9. The molecule has 0 spiro atoms. The monoisotopic (exact) mass is 742 g/mol. The summed E-state index contributed by atoms with van der Waals surface area (Å²) >= 11 is 3.54. The van der Waals surface area contributed by atoms with Crippen LogP contribution in [0.4, 0.5) is 0 Å². The molecule has 11 heteroatoms. The molecule has 0 unspecified atom stereocenters. The Hall–Kier alpha value is -5.45. The first-order chi connectivity index (χ1) is 25.0. The molecular formula is C40H35BrN6O4. The summed E-state index contributed by atoms with van der Waals surface area (Å²) in [5.41, 5.74) is 21.5. The number of carbonyl (C=O) groups excluding carboxylic acids is 1. The second kappa shape index (κ2) is 15.2. The maximum atomic E-state index is 15.0. The number of aliphatic hydroxyl groups is 1. The number of aliphatic imine (C=N–C) groups is 1. The molecule has 1 aliphatic carbocycles. The van der Waals surface area contributed by atoms with Gasteiger partial charge in [-0.1, -0.05) is 106 Å². The van der Waals surface area contributed by atoms with Gasteiger partial charge in [0.25, 0.3) is 5.91 Å². The van der Waals surface area contributed by atoms with Gasteiger partial charge in [0.15, 0.2) is 11.6 Å². The van der Waals surface area contributed by atoms with Gasteiger partial charge < -0.3 is 14.6 Å². The number of amides is 1. The Morgan fingerprint density at radius 1 is 0.902 bits per heavy atom. The van der Waals surface area contributed by atoms with Gasteiger partial charge in [0, 0.05) is 34.4 Å². The van der Waals surface area contributed by atoms with Crippen LogP contribution >= 0.6 is 15.9 Å². The first-order valence-corrected chi connectivity index (χ1v) is 17.5. The Labute approximate surface area is 303 Å². The summed E-state index contributed by atoms with van der Waals surface area (Å²) in [6.45, 7) is 0.557. The molecule has 0 bridgehead atoms. The Morgan fingerprint density at radius 3 is 2.22 bits per heavy atom. The number of benzene rings is 5. The van der Waals surface area contributed by atoms with Crippen LogP contribution < -0.4 is 15.6 Å². The van der Waals surface area contributed by atoms with Crippen LogP contribution in [-0.2, 0) is 22.5 Å². The minimum atomic E-state index is -1.49. The number of hydrogen-bond donors (Lipinski definition) is 3. The number of carbonyl (C=O) groups is 1. The fourth-order valence-corrected chi connectivity index (χ4v) is 7.02. The molecule has 1 heterocycles. The van der Waals surface area contributed by atoms with Gasteiger partial charge in [0.05, 0.1) is 19.2 Å². The van der Waals surface area contributed by atoms with E-state index >= 15 is 4.79 Å². The van der Waals surface area contributed by atoms with Gasteiger partial charge in [0.1, 0.15) is 5.75 Å². The van der Waals surface area contributed by atoms with Crippen LogP contribution in [0.5, 0.6) is 5.75 Å². The molecule has 5 aromatic carbocycles. The second-order valence-electron chi connectivity index (χ2n) is 12.4. The van der Waals surface area contributed by atoms with Crippen LogP contribution in [-0.4, -0.2) is 35.7 Å². The fourth-order valence-electron chi connectivity index (χ4n) is 6.76. The van der Waals surface area contributed by atoms with Crippen LogP contribution in [0.15, 0.2) is 136 Å². The van der Waals surface area contributed by atoms with E-state index in [0.717, 1.165) is 43.4 Å². The lowest BCUT2D eigenvalue weighted by molar-refractivity contribution is -0.130. The number of ether oxygens (including phenoxy) is 2. The van der Waals surface area contributed by atoms with E-state index in [1.54, 1.807) is 0 Å². The Balaban J connectivity index is 1.30. The van der Waals surface area contributed by atoms with E-state index in [2.05, 4.69) is 61.1 Å². The number of fused-ring (bicyclic) bond motifs is 3. The zero-order valence-corrected chi connectivity index (χ0v) is 29.2. The number of nitrogens with zero attached hydrogens (tertiary/aromatic N) is 4. The topological polar surface area (TPSA) is 141 Å². The molecule has 0 saturated heterocycles. The van der Waals surface area contributed by atoms with Crippen molar-refractivity contribution in [1.29, 1.82) is 0 Å². The average molecular weight is 744 g/mol. The lowest BCUT2D eigenvalue weighted by Gasteiger charge is -2.32. The molecule has 0 radical (unpaired) electrons. The lowest BCUT2D eigenvalue weighted by atomic mass is 9.81. The highest BCUT2D eigenvalue weighted by Gasteiger charge is 2.54. The molecule has 51 heavy (non-hydrogen) atoms. The largest absolute Gasteiger partial charge is 0.494 e. The van der Waals surface area contributed by atoms with Gasteiger partial charge in [-0.05, 0) is 80.9 Å². The van der Waals surface area contributed by atoms with Gasteiger partial charge >= 0.3 is 0 Å². The van der Waals surface area contributed by atoms with E-state index in [1.165, 1.54) is 0 Å². The smallest absolute Gasteiger partial charge is 0.266 e. The molecule has 2 atom stereocenters. The molecule has 0 aromatic heterocycles. The van der Waals surface area contributed by atoms with Crippen molar-refractivity contribution in [2.24, 2.45) is 10.1 Å². The van der Waals surface area contributed by atoms with Crippen LogP contribution in [0.2, 0.25) is 0 Å². The quantitative estimate of drug-likeness (QED) is 0.0370. The molecule has 3 N–H and O–H groups in total. The predicted octanol–water partition coefficient (Wildman–Crippen LogP) is 7.91. The molecule has 256 valence electrons. The van der Waals surface area contributed by atoms with Gasteiger partial charge in [-0.25, -0.2) is 10.4 Å². The molecule has 2 aliphatic rings. The zero-order chi connectivity index (χ0) is 35.2. The fraction of sp³-hybridized carbons (Fsp3) is 0.200. The highest BCUT2D eigenvalue weighted by Crippen LogP contribution is 2.45. The zero-order valence-electron chi connectivity index (χ0n) is 27.6. The molecule has 0 fully saturated rings. The van der Waals surface area contributed by atoms with Crippen molar-refractivity contribution < 1.29 is 19.4 Å². The third-order valence-electron chi connectivity index (χ3n) is 9.25. The molecule has 5 aromatic rings. The second-order valence-corrected chi connectivity index (χ2v) is 13.3. The summed E-state index contributed by atoms with van der Waals surface area (Å²) in [5, 5.41) is 13.0. The third-order valence-corrected chi connectivity index (χ3v) is 9.78. The number of azide groups is 1. The van der Waals surface area contributed by atoms with E-state index in [1.807, 2.05) is 97.1 Å². The molecule has 1 aliphatic heterocycles. The molecule has 1 amide bonds. The van der Waals surface area contributed by atoms with Crippen LogP contribution in [0.3, 0.4) is 0 Å². The Bertz CT molecular complexity index is 2070. The van der Waals surface area contributed by atoms with Gasteiger partial charge in [0.2, 0.25) is 5.90 Å². The van der Waals surface area contributed by atoms with E-state index in [-0.39, 0.29) is 31.5 Å². The van der Waals surface area contributed by atoms with Crippen molar-refractivity contribution in [3.8, 4) is 16.9 Å². The summed E-state index contributed by atoms with van der Waals surface area (Å²) in [4.78, 5) is 23.2. The lowest BCUT2D eigenvalue weighted by Crippen LogP contribution is -2.54. The third kappa shape index (κ3) is 6.97. The SMILES string of the molecule is [N-]=[N+]=NCc1ccccc1C[C@]1(C(=O)NNC2c3ccccc3-c3ccccc32)N=C(c2ccc(OCCCO)cc2)O[C@H]1c1ccc(Br)cc1. The summed E-state index contributed by atoms with van der Waals surface area (Å²) in [7, 11) is 0. The summed E-state index contributed by atoms with van der Waals surface area (Å²) < 4.78 is 13.4. The first kappa shape index (κ1) is 34.0. The van der Waals surface area contributed by atoms with Gasteiger partial charge in [-0.3, -0.25) is 10.2 Å². The predicted molar refractivity (Wildman–Crippen MR) is 199 cm³/mol. The molecule has 0 saturated carbocycles. The van der Waals surface area contributed by atoms with Gasteiger partial charge in [-0.2, -0.15) is 0 Å². The van der Waals surface area contributed by atoms with Crippen molar-refractivity contribution in [2.75, 3.05) is 13.2 Å². The normalized spacial score (nSPS) is 17.5. The van der Waals surface area contributed by atoms with Crippen LogP contribution in [0.25, 0.3) is 21.6 Å². The maximum absolute atomic E-state index is 15.0. The minimum Gasteiger partial charge on any atom is -0.494 e. The highest BCUT2D eigenvalue weighted by molar-refractivity contribution is 9.10. The summed E-state index contributed by atoms with van der Waals surface area (Å²) in [5.74, 6) is 0.575. The van der Waals surface area contributed by atoms with E-state index < -0.39 is 11.6 Å². The average Bonchev–Trinajstić information content (AvgIpc) is 3.71. The van der Waals surface area contributed by atoms with E-state index in [4.69, 9.17) is 25.1 Å². The standard InChI is InChI=1S/C40H35BrN6O4/c41-30-18-14-26(15-19-30)37-40(24-28-8-1-2-9-29(28)25-43-47-42,44-38(51-37)27-16-20-31(21-17-27)50-23-7-22-48)39(49)46-45-36-34-12-5-3-10-32(34)33-11-4-6-13-35(33)36/h1-6,8-21,36-37,45,48H,7,22-25H2,(H,46,49)/t37-,40-/m0/s1. The molecule has 7 rings (SSSR count). The first-order valence-electron chi connectivity index (χ1n) is 16.7. The Morgan fingerprint density at radius 2 is 1.55 bits per heavy atom. The summed E-state index contributed by atoms with van der Waals surface area (Å²) in [6, 6.07) is 38.7. The van der Waals surface area contributed by atoms with Crippen molar-refractivity contribution in [3.63, 3.8) is 0 Å². The number of aliphatic hydroxyl groups excluding tert-OH is 1. The number of hydrogen-bond acceptors (Lipinski definition) is 7. The van der Waals surface area contributed by atoms with Crippen molar-refractivity contribution in [2.45, 2.75) is 37.1 Å². The van der Waals surface area contributed by atoms with E-state index in [9.17, 15) is 0 Å².